The average molecular weight is 378 g/mol. The molecule has 136 valence electrons. The number of aromatic nitrogens is 3. The molecule has 0 N–H and O–H groups in total. The molecule has 2 aromatic heterocycles. The molecule has 0 radical (unpaired) electrons. The van der Waals surface area contributed by atoms with Gasteiger partial charge in [-0.1, -0.05) is 18.1 Å². The van der Waals surface area contributed by atoms with Gasteiger partial charge in [-0.05, 0) is 36.6 Å². The molecule has 1 aromatic carbocycles. The largest absolute Gasteiger partial charge is 0.327 e. The Morgan fingerprint density at radius 3 is 2.67 bits per heavy atom. The van der Waals surface area contributed by atoms with Crippen LogP contribution in [-0.4, -0.2) is 30.9 Å². The van der Waals surface area contributed by atoms with Gasteiger partial charge in [0.05, 0.1) is 27.8 Å². The summed E-state index contributed by atoms with van der Waals surface area (Å²) in [6, 6.07) is 8.76. The minimum Gasteiger partial charge on any atom is -0.327 e. The highest BCUT2D eigenvalue weighted by atomic mass is 32.2. The first-order valence-corrected chi connectivity index (χ1v) is 10.0. The predicted molar refractivity (Wildman–Crippen MR) is 104 cm³/mol. The third-order valence-corrected chi connectivity index (χ3v) is 5.46. The summed E-state index contributed by atoms with van der Waals surface area (Å²) in [4.78, 5) is 21.1. The second kappa shape index (κ2) is 7.56. The third kappa shape index (κ3) is 4.49. The molecule has 3 rings (SSSR count). The molecule has 27 heavy (non-hydrogen) atoms. The van der Waals surface area contributed by atoms with Gasteiger partial charge < -0.3 is 4.57 Å². The van der Waals surface area contributed by atoms with Crippen LogP contribution in [-0.2, 0) is 16.8 Å². The van der Waals surface area contributed by atoms with Crippen molar-refractivity contribution in [2.45, 2.75) is 11.8 Å². The van der Waals surface area contributed by atoms with Crippen LogP contribution in [0, 0.1) is 18.8 Å². The molecule has 0 spiro atoms. The van der Waals surface area contributed by atoms with Crippen LogP contribution < -0.4 is 0 Å². The van der Waals surface area contributed by atoms with E-state index >= 15 is 0 Å². The number of benzene rings is 1. The van der Waals surface area contributed by atoms with Gasteiger partial charge in [-0.25, -0.2) is 9.19 Å². The summed E-state index contributed by atoms with van der Waals surface area (Å²) in [6.45, 7) is 1.90. The molecule has 6 nitrogen and oxygen atoms in total. The average Bonchev–Trinajstić information content (AvgIpc) is 3.05. The van der Waals surface area contributed by atoms with Gasteiger partial charge in [-0.15, -0.1) is 0 Å². The third-order valence-electron chi connectivity index (χ3n) is 3.82. The molecule has 0 aliphatic carbocycles. The van der Waals surface area contributed by atoms with E-state index in [2.05, 4.69) is 26.2 Å². The maximum absolute atomic E-state index is 12.9. The van der Waals surface area contributed by atoms with E-state index in [0.29, 0.717) is 10.5 Å². The highest BCUT2D eigenvalue weighted by Gasteiger charge is 2.12. The lowest BCUT2D eigenvalue weighted by atomic mass is 10.2. The summed E-state index contributed by atoms with van der Waals surface area (Å²) in [5.74, 6) is 5.33. The Morgan fingerprint density at radius 2 is 1.96 bits per heavy atom. The molecule has 0 aliphatic heterocycles. The van der Waals surface area contributed by atoms with Crippen LogP contribution in [0.3, 0.4) is 0 Å². The van der Waals surface area contributed by atoms with Gasteiger partial charge in [-0.3, -0.25) is 9.78 Å². The van der Waals surface area contributed by atoms with Crippen molar-refractivity contribution >= 4 is 15.6 Å². The van der Waals surface area contributed by atoms with E-state index in [9.17, 15) is 9.00 Å². The van der Waals surface area contributed by atoms with Crippen LogP contribution in [0.4, 0.5) is 0 Å². The van der Waals surface area contributed by atoms with Crippen LogP contribution in [0.5, 0.6) is 0 Å². The maximum Gasteiger partial charge on any atom is 0.286 e. The summed E-state index contributed by atoms with van der Waals surface area (Å²) in [7, 11) is -1.00. The van der Waals surface area contributed by atoms with E-state index < -0.39 is 15.6 Å². The van der Waals surface area contributed by atoms with E-state index in [1.165, 1.54) is 12.5 Å². The fourth-order valence-electron chi connectivity index (χ4n) is 2.35. The highest BCUT2D eigenvalue weighted by molar-refractivity contribution is 7.93. The fourth-order valence-corrected chi connectivity index (χ4v) is 3.62. The van der Waals surface area contributed by atoms with E-state index in [1.807, 2.05) is 20.0 Å². The number of imidazole rings is 1. The van der Waals surface area contributed by atoms with Crippen LogP contribution >= 0.6 is 0 Å². The lowest BCUT2D eigenvalue weighted by molar-refractivity contribution is 0.100. The zero-order valence-electron chi connectivity index (χ0n) is 15.2. The van der Waals surface area contributed by atoms with E-state index in [4.69, 9.17) is 0 Å². The molecule has 3 aromatic rings. The second-order valence-electron chi connectivity index (χ2n) is 6.12. The van der Waals surface area contributed by atoms with Gasteiger partial charge in [0.15, 0.2) is 0 Å². The van der Waals surface area contributed by atoms with Crippen molar-refractivity contribution in [2.75, 3.05) is 6.26 Å². The standard InChI is InChI=1S/C20H18N4O2S/c1-15-5-4-6-19(9-15)27(3,26)23-20(25)17-10-16(11-21-12-17)7-8-18-13-22-14-24(18)2/h4-6,9-14H,1-3H3. The Bertz CT molecular complexity index is 1190. The zero-order chi connectivity index (χ0) is 19.4. The molecule has 0 fully saturated rings. The lowest BCUT2D eigenvalue weighted by Gasteiger charge is -2.05. The van der Waals surface area contributed by atoms with Crippen molar-refractivity contribution in [1.82, 2.24) is 14.5 Å². The van der Waals surface area contributed by atoms with Crippen molar-refractivity contribution < 1.29 is 9.00 Å². The first-order chi connectivity index (χ1) is 12.8. The molecule has 7 heteroatoms. The van der Waals surface area contributed by atoms with E-state index in [0.717, 1.165) is 11.3 Å². The summed E-state index contributed by atoms with van der Waals surface area (Å²) in [5, 5.41) is 0. The van der Waals surface area contributed by atoms with Crippen LogP contribution in [0.2, 0.25) is 0 Å². The van der Waals surface area contributed by atoms with E-state index in [1.54, 1.807) is 47.6 Å². The molecule has 0 aliphatic rings. The van der Waals surface area contributed by atoms with Gasteiger partial charge in [0.1, 0.15) is 5.69 Å². The first-order valence-electron chi connectivity index (χ1n) is 8.12. The normalized spacial score (nSPS) is 12.6. The Balaban J connectivity index is 1.91. The molecule has 1 amide bonds. The summed E-state index contributed by atoms with van der Waals surface area (Å²) < 4.78 is 18.6. The molecule has 0 saturated heterocycles. The SMILES string of the molecule is Cc1cccc(S(C)(=O)=NC(=O)c2cncc(C#Cc3cncn3C)c2)c1. The van der Waals surface area contributed by atoms with Crippen molar-refractivity contribution in [3.05, 3.63) is 77.6 Å². The van der Waals surface area contributed by atoms with E-state index in [-0.39, 0.29) is 5.56 Å². The zero-order valence-corrected chi connectivity index (χ0v) is 16.0. The van der Waals surface area contributed by atoms with Crippen LogP contribution in [0.15, 0.2) is 64.5 Å². The van der Waals surface area contributed by atoms with Gasteiger partial charge in [0, 0.05) is 36.2 Å². The van der Waals surface area contributed by atoms with Gasteiger partial charge in [0.2, 0.25) is 0 Å². The molecule has 2 heterocycles. The molecular formula is C20H18N4O2S. The minimum atomic E-state index is -2.85. The molecule has 0 bridgehead atoms. The molecule has 1 atom stereocenters. The maximum atomic E-state index is 12.9. The molecule has 1 unspecified atom stereocenters. The van der Waals surface area contributed by atoms with Gasteiger partial charge in [-0.2, -0.15) is 4.36 Å². The number of aryl methyl sites for hydroxylation is 2. The number of rotatable bonds is 2. The topological polar surface area (TPSA) is 77.2 Å². The van der Waals surface area contributed by atoms with Crippen molar-refractivity contribution in [2.24, 2.45) is 11.4 Å². The summed E-state index contributed by atoms with van der Waals surface area (Å²) in [6.07, 6.45) is 7.72. The highest BCUT2D eigenvalue weighted by Crippen LogP contribution is 2.15. The number of nitrogens with zero attached hydrogens (tertiary/aromatic N) is 4. The Morgan fingerprint density at radius 1 is 1.15 bits per heavy atom. The van der Waals surface area contributed by atoms with Gasteiger partial charge in [0.25, 0.3) is 5.91 Å². The fraction of sp³-hybridized carbons (Fsp3) is 0.150. The summed E-state index contributed by atoms with van der Waals surface area (Å²) in [5.41, 5.74) is 2.51. The molecule has 0 saturated carbocycles. The van der Waals surface area contributed by atoms with Crippen LogP contribution in [0.25, 0.3) is 0 Å². The lowest BCUT2D eigenvalue weighted by Crippen LogP contribution is -2.04. The Kier molecular flexibility index (Phi) is 5.19. The number of amides is 1. The number of carbonyl (C=O) groups excluding carboxylic acids is 1. The monoisotopic (exact) mass is 378 g/mol. The number of hydrogen-bond acceptors (Lipinski definition) is 4. The Hall–Kier alpha value is -3.24. The van der Waals surface area contributed by atoms with Crippen molar-refractivity contribution in [3.63, 3.8) is 0 Å². The number of pyridine rings is 1. The number of hydrogen-bond donors (Lipinski definition) is 0. The van der Waals surface area contributed by atoms with Crippen LogP contribution in [0.1, 0.15) is 27.2 Å². The smallest absolute Gasteiger partial charge is 0.286 e. The Labute approximate surface area is 158 Å². The second-order valence-corrected chi connectivity index (χ2v) is 8.38. The predicted octanol–water partition coefficient (Wildman–Crippen LogP) is 2.82. The molecular weight excluding hydrogens is 360 g/mol. The quantitative estimate of drug-likeness (QED) is 0.643. The van der Waals surface area contributed by atoms with Crippen molar-refractivity contribution in [1.29, 1.82) is 0 Å². The first kappa shape index (κ1) is 18.5. The number of carbonyl (C=O) groups is 1. The minimum absolute atomic E-state index is 0.244. The van der Waals surface area contributed by atoms with Gasteiger partial charge >= 0.3 is 0 Å². The summed E-state index contributed by atoms with van der Waals surface area (Å²) >= 11 is 0. The van der Waals surface area contributed by atoms with Crippen molar-refractivity contribution in [3.8, 4) is 11.8 Å².